The summed E-state index contributed by atoms with van der Waals surface area (Å²) in [6.07, 6.45) is 5.55. The molecule has 1 aliphatic carbocycles. The minimum absolute atomic E-state index is 0.298. The van der Waals surface area contributed by atoms with Gasteiger partial charge in [0.1, 0.15) is 4.99 Å². The lowest BCUT2D eigenvalue weighted by molar-refractivity contribution is 0.0739. The molecule has 1 aliphatic rings. The van der Waals surface area contributed by atoms with E-state index in [9.17, 15) is 0 Å². The molecule has 0 atom stereocenters. The molecule has 0 unspecified atom stereocenters. The van der Waals surface area contributed by atoms with E-state index in [0.717, 1.165) is 12.2 Å². The van der Waals surface area contributed by atoms with E-state index in [2.05, 4.69) is 29.3 Å². The van der Waals surface area contributed by atoms with E-state index in [4.69, 9.17) is 18.0 Å². The molecule has 98 valence electrons. The van der Waals surface area contributed by atoms with Crippen molar-refractivity contribution in [3.8, 4) is 0 Å². The predicted octanol–water partition coefficient (Wildman–Crippen LogP) is 1.61. The van der Waals surface area contributed by atoms with Gasteiger partial charge in [0.15, 0.2) is 0 Å². The van der Waals surface area contributed by atoms with Crippen molar-refractivity contribution >= 4 is 22.9 Å². The van der Waals surface area contributed by atoms with Crippen molar-refractivity contribution in [1.82, 2.24) is 9.88 Å². The van der Waals surface area contributed by atoms with Crippen LogP contribution in [0.1, 0.15) is 25.0 Å². The van der Waals surface area contributed by atoms with Gasteiger partial charge in [-0.3, -0.25) is 4.98 Å². The smallest absolute Gasteiger partial charge is 0.122 e. The number of aromatic nitrogens is 1. The molecule has 0 bridgehead atoms. The van der Waals surface area contributed by atoms with Crippen LogP contribution in [0.5, 0.6) is 0 Å². The van der Waals surface area contributed by atoms with Crippen molar-refractivity contribution in [2.75, 3.05) is 26.0 Å². The first kappa shape index (κ1) is 13.2. The number of nitrogens with one attached hydrogen (secondary N) is 1. The highest BCUT2D eigenvalue weighted by Crippen LogP contribution is 2.36. The molecule has 1 fully saturated rings. The van der Waals surface area contributed by atoms with Crippen molar-refractivity contribution in [3.05, 3.63) is 24.0 Å². The summed E-state index contributed by atoms with van der Waals surface area (Å²) in [6, 6.07) is 3.86. The average Bonchev–Trinajstić information content (AvgIpc) is 2.27. The van der Waals surface area contributed by atoms with Gasteiger partial charge in [-0.2, -0.15) is 0 Å². The van der Waals surface area contributed by atoms with Gasteiger partial charge in [-0.1, -0.05) is 12.2 Å². The van der Waals surface area contributed by atoms with E-state index < -0.39 is 0 Å². The van der Waals surface area contributed by atoms with Crippen LogP contribution >= 0.6 is 12.2 Å². The van der Waals surface area contributed by atoms with Gasteiger partial charge in [0.2, 0.25) is 0 Å². The number of thiocarbonyl (C=S) groups is 1. The molecule has 0 radical (unpaired) electrons. The first-order valence-electron chi connectivity index (χ1n) is 6.21. The van der Waals surface area contributed by atoms with Crippen LogP contribution in [0.4, 0.5) is 5.69 Å². The summed E-state index contributed by atoms with van der Waals surface area (Å²) < 4.78 is 0. The fourth-order valence-electron chi connectivity index (χ4n) is 2.31. The fraction of sp³-hybridized carbons (Fsp3) is 0.538. The van der Waals surface area contributed by atoms with Gasteiger partial charge in [0.05, 0.1) is 5.69 Å². The third kappa shape index (κ3) is 2.62. The van der Waals surface area contributed by atoms with E-state index in [1.807, 2.05) is 12.1 Å². The van der Waals surface area contributed by atoms with Crippen LogP contribution in [0.25, 0.3) is 0 Å². The maximum atomic E-state index is 5.58. The number of hydrogen-bond donors (Lipinski definition) is 2. The van der Waals surface area contributed by atoms with Crippen molar-refractivity contribution in [2.24, 2.45) is 5.73 Å². The summed E-state index contributed by atoms with van der Waals surface area (Å²) in [5.74, 6) is 0. The Morgan fingerprint density at radius 1 is 1.56 bits per heavy atom. The van der Waals surface area contributed by atoms with Crippen LogP contribution < -0.4 is 11.1 Å². The summed E-state index contributed by atoms with van der Waals surface area (Å²) in [5, 5.41) is 3.47. The summed E-state index contributed by atoms with van der Waals surface area (Å²) in [6.45, 7) is 0.945. The van der Waals surface area contributed by atoms with Crippen molar-refractivity contribution < 1.29 is 0 Å². The van der Waals surface area contributed by atoms with Gasteiger partial charge < -0.3 is 16.0 Å². The maximum Gasteiger partial charge on any atom is 0.122 e. The largest absolute Gasteiger partial charge is 0.388 e. The molecular formula is C13H20N4S. The van der Waals surface area contributed by atoms with E-state index in [1.54, 1.807) is 6.20 Å². The normalized spacial score (nSPS) is 17.3. The Balaban J connectivity index is 2.02. The number of rotatable bonds is 5. The lowest BCUT2D eigenvalue weighted by atomic mass is 9.75. The Labute approximate surface area is 114 Å². The summed E-state index contributed by atoms with van der Waals surface area (Å²) in [4.78, 5) is 6.79. The summed E-state index contributed by atoms with van der Waals surface area (Å²) >= 11 is 4.93. The lowest BCUT2D eigenvalue weighted by Gasteiger charge is -2.47. The molecule has 1 aromatic heterocycles. The highest BCUT2D eigenvalue weighted by molar-refractivity contribution is 7.80. The molecule has 0 spiro atoms. The van der Waals surface area contributed by atoms with E-state index >= 15 is 0 Å². The topological polar surface area (TPSA) is 54.2 Å². The van der Waals surface area contributed by atoms with Gasteiger partial charge in [-0.15, -0.1) is 0 Å². The predicted molar refractivity (Wildman–Crippen MR) is 78.9 cm³/mol. The molecule has 18 heavy (non-hydrogen) atoms. The second-order valence-electron chi connectivity index (χ2n) is 5.12. The van der Waals surface area contributed by atoms with Gasteiger partial charge in [0, 0.05) is 24.0 Å². The first-order valence-corrected chi connectivity index (χ1v) is 6.61. The molecule has 0 aromatic carbocycles. The van der Waals surface area contributed by atoms with Crippen LogP contribution in [-0.2, 0) is 0 Å². The van der Waals surface area contributed by atoms with Gasteiger partial charge >= 0.3 is 0 Å². The molecule has 5 heteroatoms. The molecule has 4 nitrogen and oxygen atoms in total. The Hall–Kier alpha value is -1.20. The average molecular weight is 264 g/mol. The van der Waals surface area contributed by atoms with E-state index in [1.165, 1.54) is 19.3 Å². The Morgan fingerprint density at radius 3 is 2.78 bits per heavy atom. The van der Waals surface area contributed by atoms with Crippen molar-refractivity contribution in [2.45, 2.75) is 24.8 Å². The van der Waals surface area contributed by atoms with Gasteiger partial charge in [-0.25, -0.2) is 0 Å². The van der Waals surface area contributed by atoms with Crippen LogP contribution in [-0.4, -0.2) is 41.1 Å². The number of pyridine rings is 1. The number of anilines is 1. The van der Waals surface area contributed by atoms with Crippen LogP contribution in [0.3, 0.4) is 0 Å². The zero-order chi connectivity index (χ0) is 13.2. The molecule has 1 saturated carbocycles. The van der Waals surface area contributed by atoms with Gasteiger partial charge in [-0.05, 0) is 45.5 Å². The Bertz CT molecular complexity index is 440. The molecular weight excluding hydrogens is 244 g/mol. The van der Waals surface area contributed by atoms with Gasteiger partial charge in [0.25, 0.3) is 0 Å². The SMILES string of the molecule is CN(C)C1(CNc2ccnc(C(N)=S)c2)CCC1. The molecule has 2 rings (SSSR count). The minimum Gasteiger partial charge on any atom is -0.388 e. The van der Waals surface area contributed by atoms with E-state index in [-0.39, 0.29) is 0 Å². The lowest BCUT2D eigenvalue weighted by Crippen LogP contribution is -2.54. The molecule has 1 aromatic rings. The number of nitrogens with two attached hydrogens (primary N) is 1. The quantitative estimate of drug-likeness (QED) is 0.791. The standard InChI is InChI=1S/C13H20N4S/c1-17(2)13(5-3-6-13)9-16-10-4-7-15-11(8-10)12(14)18/h4,7-8H,3,5-6,9H2,1-2H3,(H2,14,18)(H,15,16). The van der Waals surface area contributed by atoms with Crippen molar-refractivity contribution in [3.63, 3.8) is 0 Å². The molecule has 0 amide bonds. The van der Waals surface area contributed by atoms with E-state index in [0.29, 0.717) is 16.2 Å². The maximum absolute atomic E-state index is 5.58. The first-order chi connectivity index (χ1) is 8.53. The molecule has 1 heterocycles. The highest BCUT2D eigenvalue weighted by Gasteiger charge is 2.38. The third-order valence-corrected chi connectivity index (χ3v) is 4.08. The number of likely N-dealkylation sites (N-methyl/N-ethyl adjacent to an activating group) is 1. The van der Waals surface area contributed by atoms with Crippen LogP contribution in [0.15, 0.2) is 18.3 Å². The highest BCUT2D eigenvalue weighted by atomic mass is 32.1. The number of hydrogen-bond acceptors (Lipinski definition) is 4. The summed E-state index contributed by atoms with van der Waals surface area (Å²) in [5.41, 5.74) is 7.58. The minimum atomic E-state index is 0.298. The fourth-order valence-corrected chi connectivity index (χ4v) is 2.42. The van der Waals surface area contributed by atoms with Crippen LogP contribution in [0.2, 0.25) is 0 Å². The monoisotopic (exact) mass is 264 g/mol. The summed E-state index contributed by atoms with van der Waals surface area (Å²) in [7, 11) is 4.29. The van der Waals surface area contributed by atoms with Crippen molar-refractivity contribution in [1.29, 1.82) is 0 Å². The Morgan fingerprint density at radius 2 is 2.28 bits per heavy atom. The second kappa shape index (κ2) is 5.20. The number of nitrogens with zero attached hydrogens (tertiary/aromatic N) is 2. The van der Waals surface area contributed by atoms with Crippen LogP contribution in [0, 0.1) is 0 Å². The third-order valence-electron chi connectivity index (χ3n) is 3.87. The second-order valence-corrected chi connectivity index (χ2v) is 5.56. The zero-order valence-corrected chi connectivity index (χ0v) is 11.8. The molecule has 3 N–H and O–H groups in total. The molecule has 0 saturated heterocycles. The molecule has 0 aliphatic heterocycles. The zero-order valence-electron chi connectivity index (χ0n) is 10.9. The Kier molecular flexibility index (Phi) is 3.82.